The van der Waals surface area contributed by atoms with Gasteiger partial charge in [-0.15, -0.1) is 0 Å². The first kappa shape index (κ1) is 15.9. The molecule has 0 saturated carbocycles. The van der Waals surface area contributed by atoms with Crippen LogP contribution >= 0.6 is 0 Å². The van der Waals surface area contributed by atoms with Crippen molar-refractivity contribution in [3.63, 3.8) is 0 Å². The van der Waals surface area contributed by atoms with Crippen LogP contribution in [0.15, 0.2) is 29.0 Å². The van der Waals surface area contributed by atoms with Gasteiger partial charge in [-0.2, -0.15) is 0 Å². The third-order valence-electron chi connectivity index (χ3n) is 4.42. The number of aliphatic hydroxyl groups excluding tert-OH is 1. The highest BCUT2D eigenvalue weighted by molar-refractivity contribution is 5.97. The highest BCUT2D eigenvalue weighted by Crippen LogP contribution is 2.35. The molecule has 2 aromatic rings. The average Bonchev–Trinajstić information content (AvgIpc) is 3.28. The molecule has 25 heavy (non-hydrogen) atoms. The van der Waals surface area contributed by atoms with Crippen LogP contribution in [-0.4, -0.2) is 54.9 Å². The topological polar surface area (TPSA) is 106 Å². The van der Waals surface area contributed by atoms with Gasteiger partial charge >= 0.3 is 0 Å². The predicted molar refractivity (Wildman–Crippen MR) is 87.6 cm³/mol. The maximum absolute atomic E-state index is 12.5. The van der Waals surface area contributed by atoms with Crippen molar-refractivity contribution < 1.29 is 23.8 Å². The number of carbonyl (C=O) groups is 1. The van der Waals surface area contributed by atoms with Crippen LogP contribution in [0.1, 0.15) is 10.5 Å². The Morgan fingerprint density at radius 3 is 2.92 bits per heavy atom. The zero-order chi connectivity index (χ0) is 17.2. The number of benzene rings is 1. The molecule has 3 N–H and O–H groups in total. The summed E-state index contributed by atoms with van der Waals surface area (Å²) >= 11 is 0. The average molecular weight is 345 g/mol. The van der Waals surface area contributed by atoms with Gasteiger partial charge in [0.05, 0.1) is 6.10 Å². The summed E-state index contributed by atoms with van der Waals surface area (Å²) in [5.41, 5.74) is 0.895. The quantitative estimate of drug-likeness (QED) is 0.737. The van der Waals surface area contributed by atoms with Crippen molar-refractivity contribution >= 4 is 5.91 Å². The van der Waals surface area contributed by atoms with Crippen molar-refractivity contribution in [3.8, 4) is 22.8 Å². The zero-order valence-electron chi connectivity index (χ0n) is 13.5. The summed E-state index contributed by atoms with van der Waals surface area (Å²) in [7, 11) is 0. The fourth-order valence-corrected chi connectivity index (χ4v) is 3.03. The van der Waals surface area contributed by atoms with Gasteiger partial charge in [0.2, 0.25) is 0 Å². The van der Waals surface area contributed by atoms with Crippen molar-refractivity contribution in [2.24, 2.45) is 5.92 Å². The summed E-state index contributed by atoms with van der Waals surface area (Å²) in [5.74, 6) is 1.32. The summed E-state index contributed by atoms with van der Waals surface area (Å²) in [4.78, 5) is 16.5. The lowest BCUT2D eigenvalue weighted by Crippen LogP contribution is -2.34. The van der Waals surface area contributed by atoms with Gasteiger partial charge in [0.15, 0.2) is 29.3 Å². The third kappa shape index (κ3) is 3.18. The molecular weight excluding hydrogens is 326 g/mol. The maximum atomic E-state index is 12.5. The van der Waals surface area contributed by atoms with E-state index in [0.717, 1.165) is 0 Å². The fraction of sp³-hybridized carbons (Fsp3) is 0.412. The summed E-state index contributed by atoms with van der Waals surface area (Å²) < 4.78 is 16.5. The highest BCUT2D eigenvalue weighted by Gasteiger charge is 2.26. The molecule has 0 radical (unpaired) electrons. The van der Waals surface area contributed by atoms with Crippen LogP contribution in [0.4, 0.5) is 0 Å². The minimum atomic E-state index is -0.449. The Bertz CT molecular complexity index is 775. The second-order valence-corrected chi connectivity index (χ2v) is 6.08. The Balaban J connectivity index is 1.51. The molecule has 1 fully saturated rings. The summed E-state index contributed by atoms with van der Waals surface area (Å²) in [5, 5.41) is 15.7. The summed E-state index contributed by atoms with van der Waals surface area (Å²) in [6.45, 7) is 2.60. The van der Waals surface area contributed by atoms with Crippen LogP contribution in [0, 0.1) is 5.92 Å². The normalized spacial score (nSPS) is 22.0. The van der Waals surface area contributed by atoms with Gasteiger partial charge in [-0.05, 0) is 18.2 Å². The number of carbonyl (C=O) groups excluding carboxylic acids is 1. The third-order valence-corrected chi connectivity index (χ3v) is 4.42. The van der Waals surface area contributed by atoms with Crippen LogP contribution in [0.25, 0.3) is 11.3 Å². The highest BCUT2D eigenvalue weighted by atomic mass is 16.6. The van der Waals surface area contributed by atoms with Gasteiger partial charge in [0, 0.05) is 31.1 Å². The first-order chi connectivity index (χ1) is 12.2. The molecule has 1 aromatic heterocycles. The van der Waals surface area contributed by atoms with Gasteiger partial charge in [-0.1, -0.05) is 0 Å². The molecule has 2 aliphatic rings. The number of oxazole rings is 1. The van der Waals surface area contributed by atoms with Crippen LogP contribution in [0.5, 0.6) is 11.5 Å². The Morgan fingerprint density at radius 2 is 2.12 bits per heavy atom. The number of rotatable bonds is 4. The Kier molecular flexibility index (Phi) is 4.29. The van der Waals surface area contributed by atoms with Gasteiger partial charge in [0.25, 0.3) is 5.91 Å². The van der Waals surface area contributed by atoms with Crippen LogP contribution in [-0.2, 0) is 0 Å². The predicted octanol–water partition coefficient (Wildman–Crippen LogP) is 0.423. The van der Waals surface area contributed by atoms with Crippen molar-refractivity contribution in [1.29, 1.82) is 0 Å². The standard InChI is InChI=1S/C17H19N3O5/c21-12-8-18-6-11(12)7-19-17(22)15-16(25-9-20-15)10-1-2-13-14(5-10)24-4-3-23-13/h1-2,5,9,11-12,18,21H,3-4,6-8H2,(H,19,22). The molecule has 2 atom stereocenters. The Labute approximate surface area is 144 Å². The van der Waals surface area contributed by atoms with E-state index >= 15 is 0 Å². The van der Waals surface area contributed by atoms with E-state index in [4.69, 9.17) is 13.9 Å². The largest absolute Gasteiger partial charge is 0.486 e. The van der Waals surface area contributed by atoms with E-state index in [9.17, 15) is 9.90 Å². The lowest BCUT2D eigenvalue weighted by Gasteiger charge is -2.18. The monoisotopic (exact) mass is 345 g/mol. The second-order valence-electron chi connectivity index (χ2n) is 6.08. The Hall–Kier alpha value is -2.58. The number of aromatic nitrogens is 1. The van der Waals surface area contributed by atoms with E-state index in [1.807, 2.05) is 0 Å². The van der Waals surface area contributed by atoms with Crippen LogP contribution in [0.3, 0.4) is 0 Å². The first-order valence-corrected chi connectivity index (χ1v) is 8.23. The molecule has 0 aliphatic carbocycles. The minimum Gasteiger partial charge on any atom is -0.486 e. The van der Waals surface area contributed by atoms with Crippen LogP contribution in [0.2, 0.25) is 0 Å². The number of amides is 1. The molecule has 8 nitrogen and oxygen atoms in total. The van der Waals surface area contributed by atoms with E-state index < -0.39 is 6.10 Å². The fourth-order valence-electron chi connectivity index (χ4n) is 3.03. The number of nitrogens with one attached hydrogen (secondary N) is 2. The lowest BCUT2D eigenvalue weighted by molar-refractivity contribution is 0.0923. The Morgan fingerprint density at radius 1 is 1.28 bits per heavy atom. The minimum absolute atomic E-state index is 0.00593. The van der Waals surface area contributed by atoms with Gasteiger partial charge in [-0.3, -0.25) is 4.79 Å². The molecule has 1 aromatic carbocycles. The van der Waals surface area contributed by atoms with Gasteiger partial charge in [0.1, 0.15) is 13.2 Å². The number of ether oxygens (including phenoxy) is 2. The summed E-state index contributed by atoms with van der Waals surface area (Å²) in [6.07, 6.45) is 0.794. The molecule has 2 aliphatic heterocycles. The van der Waals surface area contributed by atoms with Crippen molar-refractivity contribution in [3.05, 3.63) is 30.3 Å². The molecular formula is C17H19N3O5. The van der Waals surface area contributed by atoms with Crippen molar-refractivity contribution in [2.45, 2.75) is 6.10 Å². The van der Waals surface area contributed by atoms with Gasteiger partial charge in [-0.25, -0.2) is 4.98 Å². The molecule has 1 saturated heterocycles. The maximum Gasteiger partial charge on any atom is 0.273 e. The molecule has 0 spiro atoms. The smallest absolute Gasteiger partial charge is 0.273 e. The molecule has 2 unspecified atom stereocenters. The number of nitrogens with zero attached hydrogens (tertiary/aromatic N) is 1. The number of hydrogen-bond acceptors (Lipinski definition) is 7. The first-order valence-electron chi connectivity index (χ1n) is 8.23. The van der Waals surface area contributed by atoms with Crippen LogP contribution < -0.4 is 20.1 Å². The van der Waals surface area contributed by atoms with E-state index in [2.05, 4.69) is 15.6 Å². The molecule has 4 rings (SSSR count). The number of hydrogen-bond donors (Lipinski definition) is 3. The zero-order valence-corrected chi connectivity index (χ0v) is 13.5. The molecule has 3 heterocycles. The molecule has 1 amide bonds. The molecule has 0 bridgehead atoms. The molecule has 8 heteroatoms. The molecule has 132 valence electrons. The van der Waals surface area contributed by atoms with Crippen molar-refractivity contribution in [2.75, 3.05) is 32.8 Å². The number of fused-ring (bicyclic) bond motifs is 1. The second kappa shape index (κ2) is 6.73. The lowest BCUT2D eigenvalue weighted by atomic mass is 10.1. The number of aliphatic hydroxyl groups is 1. The van der Waals surface area contributed by atoms with E-state index in [1.165, 1.54) is 6.39 Å². The van der Waals surface area contributed by atoms with Crippen molar-refractivity contribution in [1.82, 2.24) is 15.6 Å². The van der Waals surface area contributed by atoms with E-state index in [-0.39, 0.29) is 17.5 Å². The van der Waals surface area contributed by atoms with E-state index in [1.54, 1.807) is 18.2 Å². The van der Waals surface area contributed by atoms with E-state index in [0.29, 0.717) is 55.7 Å². The number of β-amino-alcohol motifs (C(OH)–C–C–N with tert-alkyl or cyclic N) is 1. The van der Waals surface area contributed by atoms with Gasteiger partial charge < -0.3 is 29.6 Å². The summed E-state index contributed by atoms with van der Waals surface area (Å²) in [6, 6.07) is 5.36. The SMILES string of the molecule is O=C(NCC1CNCC1O)c1ncoc1-c1ccc2c(c1)OCCO2.